The molecule has 0 saturated heterocycles. The number of benzene rings is 1. The molecule has 2 aromatic rings. The molecule has 0 aliphatic rings. The van der Waals surface area contributed by atoms with Crippen LogP contribution in [0.3, 0.4) is 0 Å². The molecule has 1 N–H and O–H groups in total. The first kappa shape index (κ1) is 11.9. The number of aromatic nitrogens is 2. The van der Waals surface area contributed by atoms with Crippen LogP contribution in [0.25, 0.3) is 5.69 Å². The van der Waals surface area contributed by atoms with E-state index in [9.17, 15) is 0 Å². The lowest BCUT2D eigenvalue weighted by atomic mass is 10.2. The third-order valence-electron chi connectivity index (χ3n) is 2.41. The fourth-order valence-electron chi connectivity index (χ4n) is 1.60. The Labute approximate surface area is 109 Å². The Morgan fingerprint density at radius 1 is 1.53 bits per heavy atom. The van der Waals surface area contributed by atoms with Gasteiger partial charge in [0.2, 0.25) is 5.95 Å². The summed E-state index contributed by atoms with van der Waals surface area (Å²) in [5.41, 5.74) is 2.29. The Balaban J connectivity index is 2.38. The number of nitrogens with one attached hydrogen (secondary N) is 1. The van der Waals surface area contributed by atoms with Crippen LogP contribution in [0, 0.1) is 6.92 Å². The van der Waals surface area contributed by atoms with Gasteiger partial charge in [-0.25, -0.2) is 4.98 Å². The van der Waals surface area contributed by atoms with Crippen LogP contribution in [0.15, 0.2) is 47.7 Å². The number of imidazole rings is 1. The van der Waals surface area contributed by atoms with E-state index in [1.54, 1.807) is 6.20 Å². The highest BCUT2D eigenvalue weighted by Crippen LogP contribution is 2.24. The molecule has 0 unspecified atom stereocenters. The molecule has 88 valence electrons. The Kier molecular flexibility index (Phi) is 3.64. The van der Waals surface area contributed by atoms with Gasteiger partial charge < -0.3 is 5.32 Å². The minimum atomic E-state index is 0.695. The van der Waals surface area contributed by atoms with Gasteiger partial charge in [0.15, 0.2) is 0 Å². The maximum atomic E-state index is 4.28. The molecule has 0 saturated carbocycles. The zero-order valence-electron chi connectivity index (χ0n) is 9.65. The zero-order valence-corrected chi connectivity index (χ0v) is 11.2. The summed E-state index contributed by atoms with van der Waals surface area (Å²) in [6.45, 7) is 6.45. The van der Waals surface area contributed by atoms with Gasteiger partial charge in [-0.3, -0.25) is 4.57 Å². The van der Waals surface area contributed by atoms with Crippen LogP contribution < -0.4 is 5.32 Å². The second kappa shape index (κ2) is 5.19. The molecule has 17 heavy (non-hydrogen) atoms. The first-order valence-corrected chi connectivity index (χ1v) is 6.16. The van der Waals surface area contributed by atoms with Crippen molar-refractivity contribution in [2.75, 3.05) is 11.9 Å². The van der Waals surface area contributed by atoms with E-state index in [4.69, 9.17) is 0 Å². The average Bonchev–Trinajstić information content (AvgIpc) is 2.74. The predicted molar refractivity (Wildman–Crippen MR) is 74.7 cm³/mol. The van der Waals surface area contributed by atoms with E-state index in [0.29, 0.717) is 6.54 Å². The largest absolute Gasteiger partial charge is 0.352 e. The number of anilines is 1. The van der Waals surface area contributed by atoms with Gasteiger partial charge in [-0.15, -0.1) is 6.58 Å². The van der Waals surface area contributed by atoms with Crippen molar-refractivity contribution in [2.45, 2.75) is 6.92 Å². The maximum Gasteiger partial charge on any atom is 0.207 e. The van der Waals surface area contributed by atoms with Crippen molar-refractivity contribution >= 4 is 21.9 Å². The smallest absolute Gasteiger partial charge is 0.207 e. The van der Waals surface area contributed by atoms with E-state index in [-0.39, 0.29) is 0 Å². The number of halogens is 1. The molecule has 1 heterocycles. The number of aryl methyl sites for hydroxylation is 1. The number of hydrogen-bond donors (Lipinski definition) is 1. The molecule has 4 heteroatoms. The molecular formula is C13H14BrN3. The van der Waals surface area contributed by atoms with Crippen molar-refractivity contribution in [3.8, 4) is 5.69 Å². The standard InChI is InChI=1S/C13H14BrN3/c1-3-6-15-13-16-7-8-17(13)12-5-4-10(2)9-11(12)14/h3-5,7-9H,1,6H2,2H3,(H,15,16). The van der Waals surface area contributed by atoms with Crippen LogP contribution in [-0.4, -0.2) is 16.1 Å². The van der Waals surface area contributed by atoms with Gasteiger partial charge in [-0.1, -0.05) is 12.1 Å². The van der Waals surface area contributed by atoms with Crippen LogP contribution in [0.2, 0.25) is 0 Å². The summed E-state index contributed by atoms with van der Waals surface area (Å²) in [5, 5.41) is 3.20. The van der Waals surface area contributed by atoms with Gasteiger partial charge in [0.25, 0.3) is 0 Å². The molecule has 0 bridgehead atoms. The minimum Gasteiger partial charge on any atom is -0.352 e. The lowest BCUT2D eigenvalue weighted by Gasteiger charge is -2.10. The van der Waals surface area contributed by atoms with Crippen molar-refractivity contribution in [3.05, 3.63) is 53.3 Å². The van der Waals surface area contributed by atoms with Crippen molar-refractivity contribution < 1.29 is 0 Å². The first-order valence-electron chi connectivity index (χ1n) is 5.37. The summed E-state index contributed by atoms with van der Waals surface area (Å²) in [6.07, 6.45) is 5.52. The Morgan fingerprint density at radius 3 is 3.06 bits per heavy atom. The topological polar surface area (TPSA) is 29.9 Å². The number of nitrogens with zero attached hydrogens (tertiary/aromatic N) is 2. The second-order valence-corrected chi connectivity index (χ2v) is 4.60. The van der Waals surface area contributed by atoms with Gasteiger partial charge >= 0.3 is 0 Å². The third-order valence-corrected chi connectivity index (χ3v) is 3.04. The SMILES string of the molecule is C=CCNc1nccn1-c1ccc(C)cc1Br. The van der Waals surface area contributed by atoms with Crippen LogP contribution in [0.4, 0.5) is 5.95 Å². The fourth-order valence-corrected chi connectivity index (χ4v) is 2.28. The van der Waals surface area contributed by atoms with E-state index < -0.39 is 0 Å². The molecule has 3 nitrogen and oxygen atoms in total. The molecule has 1 aromatic carbocycles. The van der Waals surface area contributed by atoms with Gasteiger partial charge in [0.05, 0.1) is 5.69 Å². The highest BCUT2D eigenvalue weighted by molar-refractivity contribution is 9.10. The molecule has 2 rings (SSSR count). The first-order chi connectivity index (χ1) is 8.22. The molecule has 0 aliphatic heterocycles. The number of hydrogen-bond acceptors (Lipinski definition) is 2. The van der Waals surface area contributed by atoms with Crippen LogP contribution in [0.1, 0.15) is 5.56 Å². The van der Waals surface area contributed by atoms with E-state index in [1.807, 2.05) is 16.8 Å². The highest BCUT2D eigenvalue weighted by Gasteiger charge is 2.07. The van der Waals surface area contributed by atoms with Crippen molar-refractivity contribution in [2.24, 2.45) is 0 Å². The predicted octanol–water partition coefficient (Wildman–Crippen LogP) is 3.54. The molecular weight excluding hydrogens is 278 g/mol. The Bertz CT molecular complexity index is 531. The lowest BCUT2D eigenvalue weighted by molar-refractivity contribution is 1.03. The van der Waals surface area contributed by atoms with E-state index in [1.165, 1.54) is 5.56 Å². The van der Waals surface area contributed by atoms with Crippen LogP contribution in [0.5, 0.6) is 0 Å². The van der Waals surface area contributed by atoms with Crippen LogP contribution in [-0.2, 0) is 0 Å². The van der Waals surface area contributed by atoms with Gasteiger partial charge in [0.1, 0.15) is 0 Å². The molecule has 0 fully saturated rings. The van der Waals surface area contributed by atoms with E-state index in [2.05, 4.69) is 57.9 Å². The molecule has 0 amide bonds. The fraction of sp³-hybridized carbons (Fsp3) is 0.154. The Hall–Kier alpha value is -1.55. The zero-order chi connectivity index (χ0) is 12.3. The summed E-state index contributed by atoms with van der Waals surface area (Å²) in [7, 11) is 0. The van der Waals surface area contributed by atoms with Crippen molar-refractivity contribution in [3.63, 3.8) is 0 Å². The summed E-state index contributed by atoms with van der Waals surface area (Å²) in [5.74, 6) is 0.814. The summed E-state index contributed by atoms with van der Waals surface area (Å²) < 4.78 is 3.06. The number of rotatable bonds is 4. The summed E-state index contributed by atoms with van der Waals surface area (Å²) >= 11 is 3.57. The monoisotopic (exact) mass is 291 g/mol. The van der Waals surface area contributed by atoms with E-state index >= 15 is 0 Å². The second-order valence-electron chi connectivity index (χ2n) is 3.75. The highest BCUT2D eigenvalue weighted by atomic mass is 79.9. The van der Waals surface area contributed by atoms with Crippen molar-refractivity contribution in [1.29, 1.82) is 0 Å². The van der Waals surface area contributed by atoms with Crippen molar-refractivity contribution in [1.82, 2.24) is 9.55 Å². The summed E-state index contributed by atoms with van der Waals surface area (Å²) in [4.78, 5) is 4.28. The summed E-state index contributed by atoms with van der Waals surface area (Å²) in [6, 6.07) is 6.24. The van der Waals surface area contributed by atoms with Gasteiger partial charge in [-0.2, -0.15) is 0 Å². The minimum absolute atomic E-state index is 0.695. The third kappa shape index (κ3) is 2.58. The quantitative estimate of drug-likeness (QED) is 0.873. The molecule has 0 radical (unpaired) electrons. The molecule has 0 spiro atoms. The van der Waals surface area contributed by atoms with E-state index in [0.717, 1.165) is 16.1 Å². The van der Waals surface area contributed by atoms with Gasteiger partial charge in [-0.05, 0) is 40.5 Å². The normalized spacial score (nSPS) is 10.2. The Morgan fingerprint density at radius 2 is 2.35 bits per heavy atom. The van der Waals surface area contributed by atoms with Crippen LogP contribution >= 0.6 is 15.9 Å². The molecule has 0 aliphatic carbocycles. The average molecular weight is 292 g/mol. The molecule has 1 aromatic heterocycles. The lowest BCUT2D eigenvalue weighted by Crippen LogP contribution is -2.06. The van der Waals surface area contributed by atoms with Gasteiger partial charge in [0, 0.05) is 23.4 Å². The maximum absolute atomic E-state index is 4.28. The molecule has 0 atom stereocenters.